The molecule has 0 aromatic heterocycles. The zero-order chi connectivity index (χ0) is 13.7. The van der Waals surface area contributed by atoms with Crippen molar-refractivity contribution in [3.05, 3.63) is 29.3 Å². The van der Waals surface area contributed by atoms with Crippen molar-refractivity contribution in [3.8, 4) is 0 Å². The molecule has 104 valence electrons. The Labute approximate surface area is 119 Å². The maximum Gasteiger partial charge on any atom is 0.231 e. The normalized spacial score (nSPS) is 18.6. The quantitative estimate of drug-likeness (QED) is 0.832. The number of halogens is 1. The molecule has 1 aromatic carbocycles. The third-order valence-electron chi connectivity index (χ3n) is 4.02. The number of benzene rings is 1. The molecule has 0 unspecified atom stereocenters. The van der Waals surface area contributed by atoms with Gasteiger partial charge in [0.15, 0.2) is 0 Å². The second kappa shape index (κ2) is 6.40. The lowest BCUT2D eigenvalue weighted by atomic mass is 9.79. The fraction of sp³-hybridized carbons (Fsp3) is 0.533. The summed E-state index contributed by atoms with van der Waals surface area (Å²) in [6.07, 6.45) is 6.34. The maximum absolute atomic E-state index is 12.6. The molecule has 0 radical (unpaired) electrons. The molecule has 4 heteroatoms. The molecule has 1 aromatic rings. The molecule has 19 heavy (non-hydrogen) atoms. The number of carbonyl (C=O) groups excluding carboxylic acids is 1. The lowest BCUT2D eigenvalue weighted by molar-refractivity contribution is -0.125. The molecule has 0 saturated heterocycles. The van der Waals surface area contributed by atoms with Crippen LogP contribution in [0.3, 0.4) is 0 Å². The largest absolute Gasteiger partial charge is 0.329 e. The van der Waals surface area contributed by atoms with Crippen molar-refractivity contribution in [2.45, 2.75) is 38.5 Å². The van der Waals surface area contributed by atoms with Crippen LogP contribution in [-0.4, -0.2) is 12.5 Å². The summed E-state index contributed by atoms with van der Waals surface area (Å²) in [4.78, 5) is 12.6. The Balaban J connectivity index is 2.12. The zero-order valence-electron chi connectivity index (χ0n) is 11.1. The Morgan fingerprint density at radius 3 is 2.53 bits per heavy atom. The van der Waals surface area contributed by atoms with E-state index in [1.165, 1.54) is 12.8 Å². The summed E-state index contributed by atoms with van der Waals surface area (Å²) in [6, 6.07) is 7.24. The molecule has 3 N–H and O–H groups in total. The van der Waals surface area contributed by atoms with Crippen LogP contribution in [0.2, 0.25) is 5.02 Å². The summed E-state index contributed by atoms with van der Waals surface area (Å²) in [5.74, 6) is 0.0409. The molecule has 2 rings (SSSR count). The van der Waals surface area contributed by atoms with E-state index in [1.54, 1.807) is 12.1 Å². The average molecular weight is 281 g/mol. The lowest BCUT2D eigenvalue weighted by Crippen LogP contribution is -2.42. The van der Waals surface area contributed by atoms with Crippen molar-refractivity contribution in [1.82, 2.24) is 0 Å². The fourth-order valence-electron chi connectivity index (χ4n) is 2.76. The van der Waals surface area contributed by atoms with Crippen molar-refractivity contribution in [2.24, 2.45) is 11.1 Å². The predicted octanol–water partition coefficient (Wildman–Crippen LogP) is 3.58. The average Bonchev–Trinajstić information content (AvgIpc) is 2.65. The fourth-order valence-corrected chi connectivity index (χ4v) is 2.95. The van der Waals surface area contributed by atoms with Crippen LogP contribution < -0.4 is 11.1 Å². The van der Waals surface area contributed by atoms with Crippen LogP contribution in [0, 0.1) is 5.41 Å². The minimum absolute atomic E-state index is 0.0409. The molecule has 1 aliphatic rings. The first-order valence-electron chi connectivity index (χ1n) is 6.93. The van der Waals surface area contributed by atoms with Gasteiger partial charge in [0.05, 0.1) is 5.41 Å². The van der Waals surface area contributed by atoms with Gasteiger partial charge in [-0.3, -0.25) is 4.79 Å². The monoisotopic (exact) mass is 280 g/mol. The van der Waals surface area contributed by atoms with Crippen LogP contribution in [0.5, 0.6) is 0 Å². The predicted molar refractivity (Wildman–Crippen MR) is 79.3 cm³/mol. The molecule has 1 fully saturated rings. The SMILES string of the molecule is NCC1(C(=O)Nc2cccc(Cl)c2)CCCCCC1. The third kappa shape index (κ3) is 3.48. The van der Waals surface area contributed by atoms with Crippen LogP contribution >= 0.6 is 11.6 Å². The third-order valence-corrected chi connectivity index (χ3v) is 4.25. The van der Waals surface area contributed by atoms with E-state index in [0.717, 1.165) is 31.4 Å². The van der Waals surface area contributed by atoms with Crippen LogP contribution in [-0.2, 0) is 4.79 Å². The number of nitrogens with two attached hydrogens (primary N) is 1. The standard InChI is InChI=1S/C15H21ClN2O/c16-12-6-5-7-13(10-12)18-14(19)15(11-17)8-3-1-2-4-9-15/h5-7,10H,1-4,8-9,11,17H2,(H,18,19). The minimum atomic E-state index is -0.404. The van der Waals surface area contributed by atoms with Crippen molar-refractivity contribution in [2.75, 3.05) is 11.9 Å². The number of nitrogens with one attached hydrogen (secondary N) is 1. The highest BCUT2D eigenvalue weighted by molar-refractivity contribution is 6.30. The summed E-state index contributed by atoms with van der Waals surface area (Å²) < 4.78 is 0. The topological polar surface area (TPSA) is 55.1 Å². The highest BCUT2D eigenvalue weighted by atomic mass is 35.5. The van der Waals surface area contributed by atoms with E-state index in [1.807, 2.05) is 12.1 Å². The van der Waals surface area contributed by atoms with Gasteiger partial charge in [-0.05, 0) is 31.0 Å². The first-order chi connectivity index (χ1) is 9.16. The smallest absolute Gasteiger partial charge is 0.231 e. The molecular weight excluding hydrogens is 260 g/mol. The summed E-state index contributed by atoms with van der Waals surface area (Å²) in [6.45, 7) is 0.416. The van der Waals surface area contributed by atoms with Crippen LogP contribution in [0.4, 0.5) is 5.69 Å². The van der Waals surface area contributed by atoms with Gasteiger partial charge in [0.2, 0.25) is 5.91 Å². The van der Waals surface area contributed by atoms with Gasteiger partial charge in [-0.25, -0.2) is 0 Å². The summed E-state index contributed by atoms with van der Waals surface area (Å²) in [5.41, 5.74) is 6.25. The van der Waals surface area contributed by atoms with Gasteiger partial charge in [0, 0.05) is 17.3 Å². The first kappa shape index (κ1) is 14.4. The van der Waals surface area contributed by atoms with Gasteiger partial charge in [-0.2, -0.15) is 0 Å². The number of anilines is 1. The molecular formula is C15H21ClN2O. The van der Waals surface area contributed by atoms with Crippen molar-refractivity contribution < 1.29 is 4.79 Å². The Hall–Kier alpha value is -1.06. The Kier molecular flexibility index (Phi) is 4.83. The molecule has 1 saturated carbocycles. The van der Waals surface area contributed by atoms with E-state index in [0.29, 0.717) is 11.6 Å². The van der Waals surface area contributed by atoms with E-state index in [2.05, 4.69) is 5.32 Å². The van der Waals surface area contributed by atoms with Crippen LogP contribution in [0.15, 0.2) is 24.3 Å². The van der Waals surface area contributed by atoms with Crippen LogP contribution in [0.1, 0.15) is 38.5 Å². The van der Waals surface area contributed by atoms with Crippen molar-refractivity contribution >= 4 is 23.2 Å². The zero-order valence-corrected chi connectivity index (χ0v) is 11.9. The molecule has 0 atom stereocenters. The number of rotatable bonds is 3. The van der Waals surface area contributed by atoms with E-state index >= 15 is 0 Å². The summed E-state index contributed by atoms with van der Waals surface area (Å²) in [7, 11) is 0. The Morgan fingerprint density at radius 1 is 1.26 bits per heavy atom. The van der Waals surface area contributed by atoms with Gasteiger partial charge in [0.25, 0.3) is 0 Å². The molecule has 1 amide bonds. The van der Waals surface area contributed by atoms with E-state index in [9.17, 15) is 4.79 Å². The van der Waals surface area contributed by atoms with E-state index < -0.39 is 5.41 Å². The lowest BCUT2D eigenvalue weighted by Gasteiger charge is -2.29. The Morgan fingerprint density at radius 2 is 1.95 bits per heavy atom. The van der Waals surface area contributed by atoms with Gasteiger partial charge >= 0.3 is 0 Å². The number of amides is 1. The summed E-state index contributed by atoms with van der Waals surface area (Å²) >= 11 is 5.93. The first-order valence-corrected chi connectivity index (χ1v) is 7.31. The van der Waals surface area contributed by atoms with Gasteiger partial charge in [0.1, 0.15) is 0 Å². The van der Waals surface area contributed by atoms with Crippen molar-refractivity contribution in [1.29, 1.82) is 0 Å². The molecule has 3 nitrogen and oxygen atoms in total. The van der Waals surface area contributed by atoms with E-state index in [4.69, 9.17) is 17.3 Å². The molecule has 0 spiro atoms. The van der Waals surface area contributed by atoms with Crippen molar-refractivity contribution in [3.63, 3.8) is 0 Å². The molecule has 0 aliphatic heterocycles. The highest BCUT2D eigenvalue weighted by Gasteiger charge is 2.37. The minimum Gasteiger partial charge on any atom is -0.329 e. The van der Waals surface area contributed by atoms with Gasteiger partial charge < -0.3 is 11.1 Å². The Bertz CT molecular complexity index is 440. The second-order valence-corrected chi connectivity index (χ2v) is 5.80. The summed E-state index contributed by atoms with van der Waals surface area (Å²) in [5, 5.41) is 3.59. The number of carbonyl (C=O) groups is 1. The second-order valence-electron chi connectivity index (χ2n) is 5.36. The maximum atomic E-state index is 12.6. The number of hydrogen-bond acceptors (Lipinski definition) is 2. The molecule has 0 heterocycles. The number of hydrogen-bond donors (Lipinski definition) is 2. The highest BCUT2D eigenvalue weighted by Crippen LogP contribution is 2.35. The van der Waals surface area contributed by atoms with Crippen LogP contribution in [0.25, 0.3) is 0 Å². The molecule has 1 aliphatic carbocycles. The van der Waals surface area contributed by atoms with Gasteiger partial charge in [-0.1, -0.05) is 43.4 Å². The molecule has 0 bridgehead atoms. The van der Waals surface area contributed by atoms with Gasteiger partial charge in [-0.15, -0.1) is 0 Å². The van der Waals surface area contributed by atoms with E-state index in [-0.39, 0.29) is 5.91 Å².